The Hall–Kier alpha value is -1.65. The third kappa shape index (κ3) is 4.79. The van der Waals surface area contributed by atoms with Gasteiger partial charge in [-0.2, -0.15) is 0 Å². The number of hydrogen-bond acceptors (Lipinski definition) is 5. The summed E-state index contributed by atoms with van der Waals surface area (Å²) in [5.74, 6) is -0.867. The summed E-state index contributed by atoms with van der Waals surface area (Å²) < 4.78 is 5.37. The molecule has 112 valence electrons. The van der Waals surface area contributed by atoms with Crippen molar-refractivity contribution in [2.45, 2.75) is 45.6 Å². The van der Waals surface area contributed by atoms with E-state index in [1.807, 2.05) is 0 Å². The highest BCUT2D eigenvalue weighted by Gasteiger charge is 2.27. The van der Waals surface area contributed by atoms with Crippen molar-refractivity contribution in [2.24, 2.45) is 5.92 Å². The van der Waals surface area contributed by atoms with Crippen LogP contribution in [0.3, 0.4) is 0 Å². The average Bonchev–Trinajstić information content (AvgIpc) is 2.37. The first-order valence-electron chi connectivity index (χ1n) is 6.96. The Morgan fingerprint density at radius 2 is 1.80 bits per heavy atom. The Morgan fingerprint density at radius 3 is 2.25 bits per heavy atom. The van der Waals surface area contributed by atoms with Gasteiger partial charge in [-0.15, -0.1) is 0 Å². The Bertz CT molecular complexity index is 414. The van der Waals surface area contributed by atoms with Crippen LogP contribution in [-0.2, 0) is 19.1 Å². The SMILES string of the molecule is CC(C)C(=O)/C(=C/N(C)C)C(=O)OC1CCC(=O)CC1. The molecule has 0 aromatic rings. The summed E-state index contributed by atoms with van der Waals surface area (Å²) in [7, 11) is 3.50. The van der Waals surface area contributed by atoms with Crippen molar-refractivity contribution in [3.8, 4) is 0 Å². The molecule has 5 nitrogen and oxygen atoms in total. The van der Waals surface area contributed by atoms with Crippen molar-refractivity contribution in [3.05, 3.63) is 11.8 Å². The Balaban J connectivity index is 2.74. The fourth-order valence-corrected chi connectivity index (χ4v) is 2.03. The van der Waals surface area contributed by atoms with Crippen molar-refractivity contribution < 1.29 is 19.1 Å². The molecule has 1 aliphatic rings. The number of carbonyl (C=O) groups excluding carboxylic acids is 3. The maximum atomic E-state index is 12.2. The van der Waals surface area contributed by atoms with E-state index in [4.69, 9.17) is 4.74 Å². The molecule has 0 bridgehead atoms. The zero-order valence-electron chi connectivity index (χ0n) is 12.6. The van der Waals surface area contributed by atoms with Gasteiger partial charge < -0.3 is 9.64 Å². The zero-order chi connectivity index (χ0) is 15.3. The van der Waals surface area contributed by atoms with Crippen molar-refractivity contribution in [2.75, 3.05) is 14.1 Å². The maximum Gasteiger partial charge on any atom is 0.343 e. The van der Waals surface area contributed by atoms with E-state index in [1.54, 1.807) is 32.8 Å². The quantitative estimate of drug-likeness (QED) is 0.332. The van der Waals surface area contributed by atoms with Crippen LogP contribution in [0.4, 0.5) is 0 Å². The molecule has 1 aliphatic carbocycles. The number of ketones is 2. The Kier molecular flexibility index (Phi) is 5.92. The second-order valence-corrected chi connectivity index (χ2v) is 5.67. The van der Waals surface area contributed by atoms with Gasteiger partial charge in [-0.25, -0.2) is 4.79 Å². The molecule has 0 unspecified atom stereocenters. The molecule has 0 amide bonds. The number of nitrogens with zero attached hydrogens (tertiary/aromatic N) is 1. The third-order valence-corrected chi connectivity index (χ3v) is 3.16. The first-order chi connectivity index (χ1) is 9.31. The lowest BCUT2D eigenvalue weighted by atomic mass is 9.96. The van der Waals surface area contributed by atoms with Gasteiger partial charge in [-0.1, -0.05) is 13.8 Å². The molecular formula is C15H23NO4. The molecule has 5 heteroatoms. The van der Waals surface area contributed by atoms with Crippen LogP contribution in [0.25, 0.3) is 0 Å². The zero-order valence-corrected chi connectivity index (χ0v) is 12.6. The molecular weight excluding hydrogens is 258 g/mol. The summed E-state index contributed by atoms with van der Waals surface area (Å²) in [6, 6.07) is 0. The number of Topliss-reactive ketones (excluding diaryl/α,β-unsaturated/α-hetero) is 2. The predicted molar refractivity (Wildman–Crippen MR) is 75.0 cm³/mol. The van der Waals surface area contributed by atoms with Crippen LogP contribution in [0.15, 0.2) is 11.8 Å². The highest BCUT2D eigenvalue weighted by Crippen LogP contribution is 2.20. The third-order valence-electron chi connectivity index (χ3n) is 3.16. The first kappa shape index (κ1) is 16.4. The normalized spacial score (nSPS) is 17.2. The molecule has 20 heavy (non-hydrogen) atoms. The van der Waals surface area contributed by atoms with E-state index in [1.165, 1.54) is 6.20 Å². The topological polar surface area (TPSA) is 63.7 Å². The molecule has 0 aromatic heterocycles. The smallest absolute Gasteiger partial charge is 0.343 e. The number of esters is 1. The van der Waals surface area contributed by atoms with Crippen LogP contribution in [0.2, 0.25) is 0 Å². The minimum absolute atomic E-state index is 0.0712. The van der Waals surface area contributed by atoms with Crippen molar-refractivity contribution in [1.82, 2.24) is 4.90 Å². The van der Waals surface area contributed by atoms with Crippen LogP contribution in [0.1, 0.15) is 39.5 Å². The van der Waals surface area contributed by atoms with Crippen LogP contribution < -0.4 is 0 Å². The number of ether oxygens (including phenoxy) is 1. The van der Waals surface area contributed by atoms with Gasteiger partial charge in [0.1, 0.15) is 17.5 Å². The molecule has 1 saturated carbocycles. The van der Waals surface area contributed by atoms with E-state index in [9.17, 15) is 14.4 Å². The van der Waals surface area contributed by atoms with Gasteiger partial charge >= 0.3 is 5.97 Å². The van der Waals surface area contributed by atoms with E-state index in [2.05, 4.69) is 0 Å². The van der Waals surface area contributed by atoms with E-state index < -0.39 is 5.97 Å². The fourth-order valence-electron chi connectivity index (χ4n) is 2.03. The summed E-state index contributed by atoms with van der Waals surface area (Å²) in [5.41, 5.74) is 0.0712. The largest absolute Gasteiger partial charge is 0.459 e. The van der Waals surface area contributed by atoms with Crippen LogP contribution >= 0.6 is 0 Å². The summed E-state index contributed by atoms with van der Waals surface area (Å²) in [6.45, 7) is 3.50. The fraction of sp³-hybridized carbons (Fsp3) is 0.667. The standard InChI is InChI=1S/C15H23NO4/c1-10(2)14(18)13(9-16(3)4)15(19)20-12-7-5-11(17)6-8-12/h9-10,12H,5-8H2,1-4H3/b13-9-. The van der Waals surface area contributed by atoms with Gasteiger partial charge in [0.05, 0.1) is 0 Å². The molecule has 0 N–H and O–H groups in total. The molecule has 1 rings (SSSR count). The van der Waals surface area contributed by atoms with Gasteiger partial charge in [0.15, 0.2) is 5.78 Å². The summed E-state index contributed by atoms with van der Waals surface area (Å²) in [6.07, 6.45) is 3.24. The molecule has 0 saturated heterocycles. The molecule has 0 aliphatic heterocycles. The average molecular weight is 281 g/mol. The summed E-state index contributed by atoms with van der Waals surface area (Å²) in [4.78, 5) is 37.0. The lowest BCUT2D eigenvalue weighted by Gasteiger charge is -2.22. The molecule has 0 atom stereocenters. The highest BCUT2D eigenvalue weighted by atomic mass is 16.5. The van der Waals surface area contributed by atoms with Crippen molar-refractivity contribution >= 4 is 17.5 Å². The lowest BCUT2D eigenvalue weighted by Crippen LogP contribution is -2.29. The lowest BCUT2D eigenvalue weighted by molar-refractivity contribution is -0.148. The summed E-state index contributed by atoms with van der Waals surface area (Å²) >= 11 is 0. The monoisotopic (exact) mass is 281 g/mol. The summed E-state index contributed by atoms with van der Waals surface area (Å²) in [5, 5.41) is 0. The molecule has 0 radical (unpaired) electrons. The van der Waals surface area contributed by atoms with E-state index in [0.717, 1.165) is 0 Å². The number of carbonyl (C=O) groups is 3. The second kappa shape index (κ2) is 7.22. The van der Waals surface area contributed by atoms with Gasteiger partial charge in [0.2, 0.25) is 0 Å². The van der Waals surface area contributed by atoms with E-state index >= 15 is 0 Å². The Labute approximate surface area is 120 Å². The van der Waals surface area contributed by atoms with Gasteiger partial charge in [-0.05, 0) is 12.8 Å². The van der Waals surface area contributed by atoms with E-state index in [0.29, 0.717) is 25.7 Å². The van der Waals surface area contributed by atoms with Gasteiger partial charge in [0, 0.05) is 39.1 Å². The number of hydrogen-bond donors (Lipinski definition) is 0. The number of rotatable bonds is 5. The van der Waals surface area contributed by atoms with Crippen molar-refractivity contribution in [1.29, 1.82) is 0 Å². The molecule has 0 spiro atoms. The first-order valence-corrected chi connectivity index (χ1v) is 6.96. The Morgan fingerprint density at radius 1 is 1.25 bits per heavy atom. The van der Waals surface area contributed by atoms with Gasteiger partial charge in [0.25, 0.3) is 0 Å². The molecule has 0 heterocycles. The van der Waals surface area contributed by atoms with Crippen molar-refractivity contribution in [3.63, 3.8) is 0 Å². The minimum atomic E-state index is -0.586. The van der Waals surface area contributed by atoms with Gasteiger partial charge in [-0.3, -0.25) is 9.59 Å². The second-order valence-electron chi connectivity index (χ2n) is 5.67. The highest BCUT2D eigenvalue weighted by molar-refractivity contribution is 6.17. The predicted octanol–water partition coefficient (Wildman–Crippen LogP) is 1.71. The minimum Gasteiger partial charge on any atom is -0.459 e. The molecule has 1 fully saturated rings. The van der Waals surface area contributed by atoms with Crippen LogP contribution in [0.5, 0.6) is 0 Å². The molecule has 0 aromatic carbocycles. The van der Waals surface area contributed by atoms with Crippen LogP contribution in [-0.4, -0.2) is 42.6 Å². The van der Waals surface area contributed by atoms with E-state index in [-0.39, 0.29) is 29.2 Å². The van der Waals surface area contributed by atoms with Crippen LogP contribution in [0, 0.1) is 5.92 Å². The maximum absolute atomic E-state index is 12.2.